The maximum Gasteiger partial charge on any atom is 0.125 e. The summed E-state index contributed by atoms with van der Waals surface area (Å²) >= 11 is 0. The fourth-order valence-electron chi connectivity index (χ4n) is 2.01. The van der Waals surface area contributed by atoms with E-state index in [0.29, 0.717) is 6.61 Å². The van der Waals surface area contributed by atoms with Crippen molar-refractivity contribution in [2.45, 2.75) is 19.9 Å². The number of hydrogen-bond donors (Lipinski definition) is 1. The monoisotopic (exact) mass is 259 g/mol. The number of hydrogen-bond acceptors (Lipinski definition) is 2. The molecule has 0 aliphatic carbocycles. The molecule has 2 aromatic rings. The Hall–Kier alpha value is -1.87. The fraction of sp³-hybridized carbons (Fsp3) is 0.250. The first-order valence-corrected chi connectivity index (χ1v) is 6.28. The molecule has 2 rings (SSSR count). The molecule has 19 heavy (non-hydrogen) atoms. The Bertz CT molecular complexity index is 531. The lowest BCUT2D eigenvalue weighted by atomic mass is 10.1. The van der Waals surface area contributed by atoms with Crippen LogP contribution in [0.1, 0.15) is 22.7 Å². The second kappa shape index (κ2) is 5.85. The summed E-state index contributed by atoms with van der Waals surface area (Å²) < 4.78 is 18.6. The van der Waals surface area contributed by atoms with Crippen molar-refractivity contribution < 1.29 is 9.13 Å². The van der Waals surface area contributed by atoms with E-state index in [9.17, 15) is 4.39 Å². The molecule has 0 heterocycles. The molecule has 2 nitrogen and oxygen atoms in total. The molecule has 0 aliphatic rings. The van der Waals surface area contributed by atoms with Crippen LogP contribution in [0.2, 0.25) is 0 Å². The average Bonchev–Trinajstić information content (AvgIpc) is 2.38. The molecule has 0 saturated heterocycles. The maximum absolute atomic E-state index is 12.8. The quantitative estimate of drug-likeness (QED) is 0.911. The summed E-state index contributed by atoms with van der Waals surface area (Å²) in [4.78, 5) is 0. The Morgan fingerprint density at radius 3 is 2.21 bits per heavy atom. The molecular weight excluding hydrogens is 241 g/mol. The summed E-state index contributed by atoms with van der Waals surface area (Å²) in [6.45, 7) is 4.38. The average molecular weight is 259 g/mol. The summed E-state index contributed by atoms with van der Waals surface area (Å²) in [6, 6.07) is 11.9. The van der Waals surface area contributed by atoms with Crippen LogP contribution in [-0.2, 0) is 0 Å². The van der Waals surface area contributed by atoms with Crippen molar-refractivity contribution in [3.05, 3.63) is 65.0 Å². The van der Waals surface area contributed by atoms with E-state index < -0.39 is 0 Å². The lowest BCUT2D eigenvalue weighted by Crippen LogP contribution is -2.19. The van der Waals surface area contributed by atoms with Crippen LogP contribution in [0.5, 0.6) is 5.75 Å². The molecule has 0 saturated carbocycles. The van der Waals surface area contributed by atoms with Gasteiger partial charge >= 0.3 is 0 Å². The van der Waals surface area contributed by atoms with Gasteiger partial charge in [-0.3, -0.25) is 0 Å². The number of nitrogens with two attached hydrogens (primary N) is 1. The highest BCUT2D eigenvalue weighted by Gasteiger charge is 2.09. The highest BCUT2D eigenvalue weighted by molar-refractivity contribution is 5.39. The Morgan fingerprint density at radius 1 is 1.05 bits per heavy atom. The van der Waals surface area contributed by atoms with E-state index in [4.69, 9.17) is 10.5 Å². The van der Waals surface area contributed by atoms with E-state index in [-0.39, 0.29) is 11.9 Å². The molecule has 100 valence electrons. The van der Waals surface area contributed by atoms with Gasteiger partial charge in [0.15, 0.2) is 0 Å². The highest BCUT2D eigenvalue weighted by Crippen LogP contribution is 2.23. The van der Waals surface area contributed by atoms with Gasteiger partial charge in [0, 0.05) is 0 Å². The minimum absolute atomic E-state index is 0.258. The summed E-state index contributed by atoms with van der Waals surface area (Å²) in [7, 11) is 0. The minimum Gasteiger partial charge on any atom is -0.491 e. The van der Waals surface area contributed by atoms with Crippen LogP contribution in [-0.4, -0.2) is 6.61 Å². The van der Waals surface area contributed by atoms with E-state index in [1.807, 2.05) is 32.0 Å². The van der Waals surface area contributed by atoms with E-state index >= 15 is 0 Å². The van der Waals surface area contributed by atoms with Crippen LogP contribution in [0.3, 0.4) is 0 Å². The first-order chi connectivity index (χ1) is 9.08. The number of benzene rings is 2. The predicted octanol–water partition coefficient (Wildman–Crippen LogP) is 3.52. The first-order valence-electron chi connectivity index (χ1n) is 6.28. The van der Waals surface area contributed by atoms with Gasteiger partial charge in [-0.15, -0.1) is 0 Å². The van der Waals surface area contributed by atoms with Crippen LogP contribution in [0.4, 0.5) is 4.39 Å². The highest BCUT2D eigenvalue weighted by atomic mass is 19.1. The Labute approximate surface area is 113 Å². The molecule has 0 fully saturated rings. The summed E-state index contributed by atoms with van der Waals surface area (Å²) in [5, 5.41) is 0. The van der Waals surface area contributed by atoms with Gasteiger partial charge in [-0.25, -0.2) is 4.39 Å². The maximum atomic E-state index is 12.8. The molecule has 2 N–H and O–H groups in total. The molecular formula is C16H18FNO. The second-order valence-corrected chi connectivity index (χ2v) is 4.69. The van der Waals surface area contributed by atoms with Crippen LogP contribution in [0.15, 0.2) is 42.5 Å². The van der Waals surface area contributed by atoms with Gasteiger partial charge in [-0.1, -0.05) is 30.3 Å². The first kappa shape index (κ1) is 13.6. The van der Waals surface area contributed by atoms with E-state index in [1.165, 1.54) is 12.1 Å². The van der Waals surface area contributed by atoms with Gasteiger partial charge in [-0.05, 0) is 42.7 Å². The zero-order valence-corrected chi connectivity index (χ0v) is 11.2. The normalized spacial score (nSPS) is 12.2. The zero-order valence-electron chi connectivity index (χ0n) is 11.2. The van der Waals surface area contributed by atoms with Crippen molar-refractivity contribution in [3.8, 4) is 5.75 Å². The predicted molar refractivity (Wildman–Crippen MR) is 74.7 cm³/mol. The molecule has 0 bridgehead atoms. The molecule has 0 aliphatic heterocycles. The third-order valence-corrected chi connectivity index (χ3v) is 3.11. The van der Waals surface area contributed by atoms with Gasteiger partial charge in [0.1, 0.15) is 18.2 Å². The van der Waals surface area contributed by atoms with Gasteiger partial charge in [0.05, 0.1) is 6.04 Å². The van der Waals surface area contributed by atoms with Crippen molar-refractivity contribution in [1.29, 1.82) is 0 Å². The molecule has 0 amide bonds. The lowest BCUT2D eigenvalue weighted by Gasteiger charge is -2.16. The van der Waals surface area contributed by atoms with Gasteiger partial charge in [0.2, 0.25) is 0 Å². The largest absolute Gasteiger partial charge is 0.491 e. The number of para-hydroxylation sites is 1. The van der Waals surface area contributed by atoms with Crippen LogP contribution in [0, 0.1) is 19.7 Å². The molecule has 2 aromatic carbocycles. The number of halogens is 1. The third-order valence-electron chi connectivity index (χ3n) is 3.11. The van der Waals surface area contributed by atoms with Crippen molar-refractivity contribution >= 4 is 0 Å². The van der Waals surface area contributed by atoms with Crippen molar-refractivity contribution in [2.24, 2.45) is 5.73 Å². The fourth-order valence-corrected chi connectivity index (χ4v) is 2.01. The minimum atomic E-state index is -0.264. The van der Waals surface area contributed by atoms with E-state index in [0.717, 1.165) is 22.4 Å². The molecule has 1 unspecified atom stereocenters. The van der Waals surface area contributed by atoms with Crippen LogP contribution >= 0.6 is 0 Å². The van der Waals surface area contributed by atoms with Crippen LogP contribution < -0.4 is 10.5 Å². The van der Waals surface area contributed by atoms with Gasteiger partial charge < -0.3 is 10.5 Å². The van der Waals surface area contributed by atoms with Crippen molar-refractivity contribution in [3.63, 3.8) is 0 Å². The Balaban J connectivity index is 2.04. The van der Waals surface area contributed by atoms with E-state index in [1.54, 1.807) is 12.1 Å². The molecule has 0 aromatic heterocycles. The van der Waals surface area contributed by atoms with E-state index in [2.05, 4.69) is 0 Å². The van der Waals surface area contributed by atoms with Crippen molar-refractivity contribution in [2.75, 3.05) is 6.61 Å². The molecule has 0 radical (unpaired) electrons. The van der Waals surface area contributed by atoms with Gasteiger partial charge in [-0.2, -0.15) is 0 Å². The number of aryl methyl sites for hydroxylation is 2. The second-order valence-electron chi connectivity index (χ2n) is 4.69. The topological polar surface area (TPSA) is 35.2 Å². The third kappa shape index (κ3) is 3.32. The van der Waals surface area contributed by atoms with Gasteiger partial charge in [0.25, 0.3) is 0 Å². The Morgan fingerprint density at radius 2 is 1.63 bits per heavy atom. The summed E-state index contributed by atoms with van der Waals surface area (Å²) in [6.07, 6.45) is 0. The molecule has 1 atom stereocenters. The van der Waals surface area contributed by atoms with Crippen molar-refractivity contribution in [1.82, 2.24) is 0 Å². The zero-order chi connectivity index (χ0) is 13.8. The number of rotatable bonds is 4. The summed E-state index contributed by atoms with van der Waals surface area (Å²) in [5.41, 5.74) is 9.09. The lowest BCUT2D eigenvalue weighted by molar-refractivity contribution is 0.287. The van der Waals surface area contributed by atoms with Crippen LogP contribution in [0.25, 0.3) is 0 Å². The number of ether oxygens (including phenoxy) is 1. The molecule has 0 spiro atoms. The molecule has 3 heteroatoms. The smallest absolute Gasteiger partial charge is 0.125 e. The standard InChI is InChI=1S/C16H18FNO/c1-11-4-3-5-12(2)16(11)19-10-15(18)13-6-8-14(17)9-7-13/h3-9,15H,10,18H2,1-2H3. The SMILES string of the molecule is Cc1cccc(C)c1OCC(N)c1ccc(F)cc1. The Kier molecular flexibility index (Phi) is 4.17. The summed E-state index contributed by atoms with van der Waals surface area (Å²) in [5.74, 6) is 0.617.